The number of nitrogens with one attached hydrogen (secondary N) is 1. The van der Waals surface area contributed by atoms with Crippen LogP contribution in [-0.2, 0) is 0 Å². The number of hydrogen-bond donors (Lipinski definition) is 2. The molecule has 0 bridgehead atoms. The lowest BCUT2D eigenvalue weighted by Gasteiger charge is -2.13. The summed E-state index contributed by atoms with van der Waals surface area (Å²) in [6, 6.07) is 1.84. The van der Waals surface area contributed by atoms with Gasteiger partial charge >= 0.3 is 0 Å². The second kappa shape index (κ2) is 4.62. The van der Waals surface area contributed by atoms with E-state index in [2.05, 4.69) is 5.32 Å². The van der Waals surface area contributed by atoms with E-state index in [4.69, 9.17) is 11.6 Å². The van der Waals surface area contributed by atoms with Crippen molar-refractivity contribution in [3.8, 4) is 0 Å². The van der Waals surface area contributed by atoms with Crippen molar-refractivity contribution in [2.45, 2.75) is 18.9 Å². The molecule has 2 atom stereocenters. The van der Waals surface area contributed by atoms with Gasteiger partial charge in [-0.25, -0.2) is 0 Å². The molecule has 1 aromatic heterocycles. The van der Waals surface area contributed by atoms with Crippen LogP contribution in [0, 0.1) is 5.92 Å². The fraction of sp³-hybridized carbons (Fsp3) is 0.600. The highest BCUT2D eigenvalue weighted by Gasteiger charge is 2.21. The van der Waals surface area contributed by atoms with Crippen LogP contribution >= 0.6 is 22.9 Å². The molecule has 2 unspecified atom stereocenters. The Morgan fingerprint density at radius 2 is 2.57 bits per heavy atom. The van der Waals surface area contributed by atoms with Crippen molar-refractivity contribution < 1.29 is 5.11 Å². The van der Waals surface area contributed by atoms with Crippen LogP contribution in [0.4, 0.5) is 0 Å². The predicted octanol–water partition coefficient (Wildman–Crippen LogP) is 2.43. The number of halogens is 1. The molecule has 1 saturated heterocycles. The third-order valence-corrected chi connectivity index (χ3v) is 4.13. The van der Waals surface area contributed by atoms with E-state index in [1.807, 2.05) is 11.4 Å². The Morgan fingerprint density at radius 3 is 3.14 bits per heavy atom. The Balaban J connectivity index is 1.95. The molecule has 0 amide bonds. The molecule has 2 nitrogen and oxygen atoms in total. The van der Waals surface area contributed by atoms with Crippen LogP contribution in [0.25, 0.3) is 0 Å². The first-order chi connectivity index (χ1) is 6.77. The zero-order chi connectivity index (χ0) is 9.97. The van der Waals surface area contributed by atoms with E-state index in [0.717, 1.165) is 24.4 Å². The van der Waals surface area contributed by atoms with Gasteiger partial charge in [-0.2, -0.15) is 0 Å². The topological polar surface area (TPSA) is 32.3 Å². The normalized spacial score (nSPS) is 24.0. The lowest BCUT2D eigenvalue weighted by atomic mass is 10.00. The number of aliphatic hydroxyl groups excluding tert-OH is 1. The molecule has 1 aliphatic rings. The van der Waals surface area contributed by atoms with E-state index in [1.54, 1.807) is 0 Å². The van der Waals surface area contributed by atoms with Gasteiger partial charge in [0.2, 0.25) is 0 Å². The molecule has 14 heavy (non-hydrogen) atoms. The second-order valence-corrected chi connectivity index (χ2v) is 5.10. The van der Waals surface area contributed by atoms with Crippen LogP contribution in [-0.4, -0.2) is 18.2 Å². The smallest absolute Gasteiger partial charge is 0.0900 e. The Labute approximate surface area is 92.9 Å². The van der Waals surface area contributed by atoms with Gasteiger partial charge < -0.3 is 10.4 Å². The summed E-state index contributed by atoms with van der Waals surface area (Å²) >= 11 is 7.49. The molecule has 2 heterocycles. The zero-order valence-electron chi connectivity index (χ0n) is 7.87. The molecular weight excluding hydrogens is 218 g/mol. The summed E-state index contributed by atoms with van der Waals surface area (Å²) in [5, 5.41) is 15.9. The highest BCUT2D eigenvalue weighted by molar-refractivity contribution is 7.10. The SMILES string of the molecule is OC(CC1CCNC1)c1sccc1Cl. The third-order valence-electron chi connectivity index (χ3n) is 2.67. The van der Waals surface area contributed by atoms with Crippen LogP contribution in [0.15, 0.2) is 11.4 Å². The Morgan fingerprint density at radius 1 is 1.71 bits per heavy atom. The standard InChI is InChI=1S/C10H14ClNOS/c11-8-2-4-14-10(8)9(13)5-7-1-3-12-6-7/h2,4,7,9,12-13H,1,3,5-6H2. The fourth-order valence-electron chi connectivity index (χ4n) is 1.88. The zero-order valence-corrected chi connectivity index (χ0v) is 9.44. The summed E-state index contributed by atoms with van der Waals surface area (Å²) < 4.78 is 0. The molecule has 1 fully saturated rings. The summed E-state index contributed by atoms with van der Waals surface area (Å²) in [6.45, 7) is 2.11. The minimum Gasteiger partial charge on any atom is -0.388 e. The van der Waals surface area contributed by atoms with E-state index in [9.17, 15) is 5.11 Å². The van der Waals surface area contributed by atoms with Crippen molar-refractivity contribution >= 4 is 22.9 Å². The minimum atomic E-state index is -0.382. The van der Waals surface area contributed by atoms with E-state index >= 15 is 0 Å². The highest BCUT2D eigenvalue weighted by atomic mass is 35.5. The van der Waals surface area contributed by atoms with Crippen molar-refractivity contribution in [3.05, 3.63) is 21.3 Å². The van der Waals surface area contributed by atoms with Crippen molar-refractivity contribution in [1.29, 1.82) is 0 Å². The van der Waals surface area contributed by atoms with Gasteiger partial charge in [-0.3, -0.25) is 0 Å². The van der Waals surface area contributed by atoms with Gasteiger partial charge in [-0.1, -0.05) is 11.6 Å². The fourth-order valence-corrected chi connectivity index (χ4v) is 3.06. The first-order valence-corrected chi connectivity index (χ1v) is 6.15. The molecule has 1 aliphatic heterocycles. The first kappa shape index (κ1) is 10.4. The van der Waals surface area contributed by atoms with Gasteiger partial charge in [-0.05, 0) is 43.3 Å². The van der Waals surface area contributed by atoms with Gasteiger partial charge in [-0.15, -0.1) is 11.3 Å². The predicted molar refractivity (Wildman–Crippen MR) is 59.9 cm³/mol. The maximum absolute atomic E-state index is 9.95. The van der Waals surface area contributed by atoms with Crippen molar-refractivity contribution in [1.82, 2.24) is 5.32 Å². The Bertz CT molecular complexity index is 296. The maximum atomic E-state index is 9.95. The van der Waals surface area contributed by atoms with Gasteiger partial charge in [0.05, 0.1) is 16.0 Å². The van der Waals surface area contributed by atoms with Crippen LogP contribution in [0.3, 0.4) is 0 Å². The van der Waals surface area contributed by atoms with E-state index in [0.29, 0.717) is 10.9 Å². The highest BCUT2D eigenvalue weighted by Crippen LogP contribution is 2.33. The van der Waals surface area contributed by atoms with Gasteiger partial charge in [0.1, 0.15) is 0 Å². The van der Waals surface area contributed by atoms with Crippen molar-refractivity contribution in [2.24, 2.45) is 5.92 Å². The monoisotopic (exact) mass is 231 g/mol. The number of hydrogen-bond acceptors (Lipinski definition) is 3. The van der Waals surface area contributed by atoms with E-state index in [-0.39, 0.29) is 6.10 Å². The molecule has 4 heteroatoms. The summed E-state index contributed by atoms with van der Waals surface area (Å²) in [7, 11) is 0. The number of aliphatic hydroxyl groups is 1. The quantitative estimate of drug-likeness (QED) is 0.838. The summed E-state index contributed by atoms with van der Waals surface area (Å²) in [4.78, 5) is 0.915. The molecule has 0 aromatic carbocycles. The molecule has 0 aliphatic carbocycles. The molecule has 0 spiro atoms. The largest absolute Gasteiger partial charge is 0.388 e. The summed E-state index contributed by atoms with van der Waals surface area (Å²) in [5.41, 5.74) is 0. The molecule has 0 radical (unpaired) electrons. The summed E-state index contributed by atoms with van der Waals surface area (Å²) in [6.07, 6.45) is 1.61. The number of thiophene rings is 1. The number of rotatable bonds is 3. The third kappa shape index (κ3) is 2.28. The lowest BCUT2D eigenvalue weighted by molar-refractivity contribution is 0.151. The molecule has 2 N–H and O–H groups in total. The van der Waals surface area contributed by atoms with Crippen LogP contribution in [0.2, 0.25) is 5.02 Å². The average molecular weight is 232 g/mol. The van der Waals surface area contributed by atoms with Crippen LogP contribution in [0.1, 0.15) is 23.8 Å². The molecular formula is C10H14ClNOS. The van der Waals surface area contributed by atoms with Gasteiger partial charge in [0.25, 0.3) is 0 Å². The molecule has 78 valence electrons. The van der Waals surface area contributed by atoms with Crippen LogP contribution < -0.4 is 5.32 Å². The van der Waals surface area contributed by atoms with E-state index < -0.39 is 0 Å². The Kier molecular flexibility index (Phi) is 3.44. The minimum absolute atomic E-state index is 0.382. The van der Waals surface area contributed by atoms with E-state index in [1.165, 1.54) is 17.8 Å². The van der Waals surface area contributed by atoms with Gasteiger partial charge in [0.15, 0.2) is 0 Å². The molecule has 1 aromatic rings. The Hall–Kier alpha value is -0.0900. The first-order valence-electron chi connectivity index (χ1n) is 4.89. The maximum Gasteiger partial charge on any atom is 0.0900 e. The van der Waals surface area contributed by atoms with Crippen LogP contribution in [0.5, 0.6) is 0 Å². The van der Waals surface area contributed by atoms with Crippen molar-refractivity contribution in [2.75, 3.05) is 13.1 Å². The average Bonchev–Trinajstić information content (AvgIpc) is 2.75. The lowest BCUT2D eigenvalue weighted by Crippen LogP contribution is -2.11. The van der Waals surface area contributed by atoms with Crippen molar-refractivity contribution in [3.63, 3.8) is 0 Å². The molecule has 0 saturated carbocycles. The second-order valence-electron chi connectivity index (χ2n) is 3.74. The summed E-state index contributed by atoms with van der Waals surface area (Å²) in [5.74, 6) is 0.600. The molecule has 2 rings (SSSR count). The van der Waals surface area contributed by atoms with Gasteiger partial charge in [0, 0.05) is 0 Å².